The van der Waals surface area contributed by atoms with Gasteiger partial charge in [0.15, 0.2) is 11.5 Å². The fourth-order valence-corrected chi connectivity index (χ4v) is 1.81. The summed E-state index contributed by atoms with van der Waals surface area (Å²) in [6.45, 7) is 0. The third-order valence-electron chi connectivity index (χ3n) is 2.49. The number of hydrogen-bond donors (Lipinski definition) is 1. The van der Waals surface area contributed by atoms with Gasteiger partial charge in [-0.25, -0.2) is 4.68 Å². The number of carbonyl (C=O) groups excluding carboxylic acids is 1. The number of carbonyl (C=O) groups is 1. The van der Waals surface area contributed by atoms with Crippen molar-refractivity contribution in [3.8, 4) is 5.82 Å². The molecule has 8 nitrogen and oxygen atoms in total. The van der Waals surface area contributed by atoms with Crippen LogP contribution >= 0.6 is 11.6 Å². The first kappa shape index (κ1) is 11.6. The Morgan fingerprint density at radius 2 is 2.32 bits per heavy atom. The Balaban J connectivity index is 2.16. The summed E-state index contributed by atoms with van der Waals surface area (Å²) in [4.78, 5) is 19.5. The van der Waals surface area contributed by atoms with Crippen molar-refractivity contribution in [1.29, 1.82) is 0 Å². The molecule has 0 spiro atoms. The van der Waals surface area contributed by atoms with Gasteiger partial charge in [-0.3, -0.25) is 4.79 Å². The van der Waals surface area contributed by atoms with Crippen molar-refractivity contribution in [2.75, 3.05) is 7.05 Å². The number of nitrogens with one attached hydrogen (secondary N) is 1. The van der Waals surface area contributed by atoms with Crippen molar-refractivity contribution < 1.29 is 4.79 Å². The lowest BCUT2D eigenvalue weighted by Gasteiger charge is -2.03. The van der Waals surface area contributed by atoms with Crippen molar-refractivity contribution in [3.05, 3.63) is 35.5 Å². The summed E-state index contributed by atoms with van der Waals surface area (Å²) in [7, 11) is 1.54. The minimum Gasteiger partial charge on any atom is -0.354 e. The molecular weight excluding hydrogens is 270 g/mol. The van der Waals surface area contributed by atoms with E-state index < -0.39 is 0 Å². The minimum atomic E-state index is -0.270. The summed E-state index contributed by atoms with van der Waals surface area (Å²) in [6.07, 6.45) is 3.00. The van der Waals surface area contributed by atoms with Crippen LogP contribution in [0.5, 0.6) is 0 Å². The highest BCUT2D eigenvalue weighted by molar-refractivity contribution is 6.29. The highest BCUT2D eigenvalue weighted by atomic mass is 35.5. The maximum atomic E-state index is 11.5. The fourth-order valence-electron chi connectivity index (χ4n) is 1.63. The van der Waals surface area contributed by atoms with E-state index in [9.17, 15) is 4.79 Å². The van der Waals surface area contributed by atoms with Crippen molar-refractivity contribution in [3.63, 3.8) is 0 Å². The van der Waals surface area contributed by atoms with Crippen LogP contribution in [0.25, 0.3) is 11.6 Å². The van der Waals surface area contributed by atoms with E-state index in [0.717, 1.165) is 0 Å². The predicted octanol–water partition coefficient (Wildman–Crippen LogP) is 0.323. The Labute approximate surface area is 112 Å². The van der Waals surface area contributed by atoms with Gasteiger partial charge >= 0.3 is 0 Å². The topological polar surface area (TPSA) is 90.0 Å². The van der Waals surface area contributed by atoms with Gasteiger partial charge in [0.2, 0.25) is 0 Å². The summed E-state index contributed by atoms with van der Waals surface area (Å²) in [5.74, 6) is 0.635. The molecule has 3 heterocycles. The Bertz CT molecular complexity index is 762. The summed E-state index contributed by atoms with van der Waals surface area (Å²) >= 11 is 5.91. The van der Waals surface area contributed by atoms with Crippen LogP contribution in [0.4, 0.5) is 0 Å². The van der Waals surface area contributed by atoms with Gasteiger partial charge in [-0.1, -0.05) is 11.6 Å². The van der Waals surface area contributed by atoms with Crippen LogP contribution < -0.4 is 5.32 Å². The van der Waals surface area contributed by atoms with Crippen LogP contribution in [-0.2, 0) is 0 Å². The minimum absolute atomic E-state index is 0.270. The van der Waals surface area contributed by atoms with Gasteiger partial charge in [-0.2, -0.15) is 24.7 Å². The standard InChI is InChI=1S/C10H8ClN7O/c1-12-9(19)6-2-3-17(16-6)8-4-7(11)15-10-13-5-14-18(8)10/h2-5H,1H3,(H,12,19). The summed E-state index contributed by atoms with van der Waals surface area (Å²) in [5.41, 5.74) is 0.295. The van der Waals surface area contributed by atoms with Crippen LogP contribution in [0.2, 0.25) is 5.15 Å². The third kappa shape index (κ3) is 1.91. The molecule has 0 saturated carbocycles. The molecule has 0 fully saturated rings. The van der Waals surface area contributed by atoms with Crippen molar-refractivity contribution in [2.24, 2.45) is 0 Å². The zero-order valence-corrected chi connectivity index (χ0v) is 10.5. The Kier molecular flexibility index (Phi) is 2.64. The Morgan fingerprint density at radius 1 is 1.47 bits per heavy atom. The van der Waals surface area contributed by atoms with Crippen LogP contribution in [0.15, 0.2) is 24.7 Å². The average molecular weight is 278 g/mol. The zero-order valence-electron chi connectivity index (χ0n) is 9.78. The summed E-state index contributed by atoms with van der Waals surface area (Å²) in [6, 6.07) is 3.18. The molecule has 0 radical (unpaired) electrons. The number of aromatic nitrogens is 6. The molecule has 0 atom stereocenters. The van der Waals surface area contributed by atoms with Gasteiger partial charge in [0.1, 0.15) is 11.5 Å². The van der Waals surface area contributed by atoms with Crippen molar-refractivity contribution in [1.82, 2.24) is 34.7 Å². The SMILES string of the molecule is CNC(=O)c1ccn(-c2cc(Cl)nc3ncnn23)n1. The van der Waals surface area contributed by atoms with E-state index in [1.165, 1.54) is 15.5 Å². The smallest absolute Gasteiger partial charge is 0.271 e. The van der Waals surface area contributed by atoms with Crippen LogP contribution in [-0.4, -0.2) is 42.3 Å². The van der Waals surface area contributed by atoms with Gasteiger partial charge < -0.3 is 5.32 Å². The molecule has 0 aliphatic heterocycles. The molecule has 0 aromatic carbocycles. The van der Waals surface area contributed by atoms with Crippen LogP contribution in [0.1, 0.15) is 10.5 Å². The number of nitrogens with zero attached hydrogens (tertiary/aromatic N) is 6. The maximum Gasteiger partial charge on any atom is 0.271 e. The Morgan fingerprint density at radius 3 is 3.11 bits per heavy atom. The Hall–Kier alpha value is -2.48. The maximum absolute atomic E-state index is 11.5. The number of rotatable bonds is 2. The first-order chi connectivity index (χ1) is 9.19. The van der Waals surface area contributed by atoms with Crippen LogP contribution in [0.3, 0.4) is 0 Å². The number of hydrogen-bond acceptors (Lipinski definition) is 5. The van der Waals surface area contributed by atoms with Crippen molar-refractivity contribution in [2.45, 2.75) is 0 Å². The van der Waals surface area contributed by atoms with Gasteiger partial charge in [0.25, 0.3) is 11.7 Å². The average Bonchev–Trinajstić information content (AvgIpc) is 3.05. The number of halogens is 1. The molecule has 0 aliphatic rings. The lowest BCUT2D eigenvalue weighted by molar-refractivity contribution is 0.0957. The molecular formula is C10H8ClN7O. The molecule has 19 heavy (non-hydrogen) atoms. The molecule has 0 saturated heterocycles. The normalized spacial score (nSPS) is 10.8. The number of amides is 1. The second-order valence-corrected chi connectivity index (χ2v) is 4.02. The quantitative estimate of drug-likeness (QED) is 0.682. The highest BCUT2D eigenvalue weighted by Gasteiger charge is 2.12. The van der Waals surface area contributed by atoms with E-state index in [1.807, 2.05) is 0 Å². The lowest BCUT2D eigenvalue weighted by Crippen LogP contribution is -2.18. The largest absolute Gasteiger partial charge is 0.354 e. The van der Waals surface area contributed by atoms with E-state index >= 15 is 0 Å². The van der Waals surface area contributed by atoms with E-state index in [-0.39, 0.29) is 11.1 Å². The van der Waals surface area contributed by atoms with Gasteiger partial charge in [0, 0.05) is 19.3 Å². The van der Waals surface area contributed by atoms with E-state index in [0.29, 0.717) is 17.3 Å². The third-order valence-corrected chi connectivity index (χ3v) is 2.68. The van der Waals surface area contributed by atoms with Gasteiger partial charge in [-0.15, -0.1) is 0 Å². The molecule has 9 heteroatoms. The fraction of sp³-hybridized carbons (Fsp3) is 0.100. The van der Waals surface area contributed by atoms with Gasteiger partial charge in [0.05, 0.1) is 0 Å². The van der Waals surface area contributed by atoms with E-state index in [2.05, 4.69) is 25.5 Å². The van der Waals surface area contributed by atoms with E-state index in [4.69, 9.17) is 11.6 Å². The van der Waals surface area contributed by atoms with E-state index in [1.54, 1.807) is 25.4 Å². The first-order valence-corrected chi connectivity index (χ1v) is 5.71. The summed E-state index contributed by atoms with van der Waals surface area (Å²) < 4.78 is 2.96. The lowest BCUT2D eigenvalue weighted by atomic mass is 10.4. The highest BCUT2D eigenvalue weighted by Crippen LogP contribution is 2.13. The molecule has 0 aliphatic carbocycles. The summed E-state index contributed by atoms with van der Waals surface area (Å²) in [5, 5.41) is 11.0. The molecule has 96 valence electrons. The predicted molar refractivity (Wildman–Crippen MR) is 66.3 cm³/mol. The molecule has 3 aromatic heterocycles. The molecule has 3 rings (SSSR count). The molecule has 3 aromatic rings. The molecule has 0 unspecified atom stereocenters. The monoisotopic (exact) mass is 277 g/mol. The molecule has 1 N–H and O–H groups in total. The zero-order chi connectivity index (χ0) is 13.4. The number of fused-ring (bicyclic) bond motifs is 1. The first-order valence-electron chi connectivity index (χ1n) is 5.33. The molecule has 1 amide bonds. The second kappa shape index (κ2) is 4.32. The van der Waals surface area contributed by atoms with Crippen molar-refractivity contribution >= 4 is 23.3 Å². The second-order valence-electron chi connectivity index (χ2n) is 3.63. The van der Waals surface area contributed by atoms with Gasteiger partial charge in [-0.05, 0) is 6.07 Å². The molecule has 0 bridgehead atoms. The van der Waals surface area contributed by atoms with Crippen LogP contribution in [0, 0.1) is 0 Å².